The minimum absolute atomic E-state index is 0.354. The molecule has 0 radical (unpaired) electrons. The van der Waals surface area contributed by atoms with Gasteiger partial charge in [-0.15, -0.1) is 0 Å². The number of rotatable bonds is 1. The highest BCUT2D eigenvalue weighted by molar-refractivity contribution is 6.33. The molecule has 0 aliphatic rings. The van der Waals surface area contributed by atoms with Crippen molar-refractivity contribution < 1.29 is 4.42 Å². The number of benzene rings is 1. The third-order valence-corrected chi connectivity index (χ3v) is 2.05. The first-order valence-corrected chi connectivity index (χ1v) is 4.54. The Morgan fingerprint density at radius 2 is 2.15 bits per heavy atom. The molecule has 2 rings (SSSR count). The van der Waals surface area contributed by atoms with Crippen LogP contribution in [0.25, 0.3) is 11.1 Å². The van der Waals surface area contributed by atoms with E-state index in [2.05, 4.69) is 26.7 Å². The Hall–Kier alpha value is -1.25. The van der Waals surface area contributed by atoms with Crippen molar-refractivity contribution in [3.05, 3.63) is 24.1 Å². The quantitative estimate of drug-likeness (QED) is 0.605. The summed E-state index contributed by atoms with van der Waals surface area (Å²) >= 11 is 0. The highest BCUT2D eigenvalue weighted by Gasteiger charge is 2.08. The van der Waals surface area contributed by atoms with E-state index < -0.39 is 0 Å². The largest absolute Gasteiger partial charge is 0.440 e. The zero-order valence-corrected chi connectivity index (χ0v) is 8.16. The van der Waals surface area contributed by atoms with E-state index in [0.717, 1.165) is 17.0 Å². The second-order valence-corrected chi connectivity index (χ2v) is 3.68. The van der Waals surface area contributed by atoms with Crippen LogP contribution in [0.3, 0.4) is 0 Å². The van der Waals surface area contributed by atoms with Gasteiger partial charge in [-0.1, -0.05) is 25.4 Å². The third kappa shape index (κ3) is 1.46. The Balaban J connectivity index is 2.62. The molecule has 1 aromatic heterocycles. The predicted octanol–water partition coefficient (Wildman–Crippen LogP) is 1.21. The molecule has 1 aromatic carbocycles. The van der Waals surface area contributed by atoms with Crippen molar-refractivity contribution in [1.82, 2.24) is 4.98 Å². The molecule has 0 atom stereocenters. The van der Waals surface area contributed by atoms with Crippen LogP contribution < -0.4 is 5.46 Å². The van der Waals surface area contributed by atoms with Crippen molar-refractivity contribution in [3.63, 3.8) is 0 Å². The fraction of sp³-hybridized carbons (Fsp3) is 0.300. The molecule has 0 aliphatic carbocycles. The lowest BCUT2D eigenvalue weighted by molar-refractivity contribution is 0.501. The molecule has 0 bridgehead atoms. The first-order chi connectivity index (χ1) is 6.16. The van der Waals surface area contributed by atoms with Crippen LogP contribution in [0, 0.1) is 0 Å². The smallest absolute Gasteiger partial charge is 0.198 e. The summed E-state index contributed by atoms with van der Waals surface area (Å²) in [5.74, 6) is 1.17. The molecule has 2 nitrogen and oxygen atoms in total. The van der Waals surface area contributed by atoms with Crippen molar-refractivity contribution >= 4 is 24.4 Å². The number of nitrogens with zero attached hydrogens (tertiary/aromatic N) is 1. The van der Waals surface area contributed by atoms with Crippen molar-refractivity contribution in [1.29, 1.82) is 0 Å². The SMILES string of the molecule is Bc1ccc2oc(C(C)C)nc2c1. The zero-order valence-electron chi connectivity index (χ0n) is 8.16. The van der Waals surface area contributed by atoms with Gasteiger partial charge < -0.3 is 4.42 Å². The Labute approximate surface area is 78.4 Å². The van der Waals surface area contributed by atoms with Crippen molar-refractivity contribution in [2.45, 2.75) is 19.8 Å². The lowest BCUT2D eigenvalue weighted by Gasteiger charge is -1.93. The number of hydrogen-bond acceptors (Lipinski definition) is 2. The van der Waals surface area contributed by atoms with Gasteiger partial charge in [-0.2, -0.15) is 0 Å². The maximum absolute atomic E-state index is 5.57. The molecule has 1 heterocycles. The second kappa shape index (κ2) is 2.91. The molecule has 0 spiro atoms. The minimum Gasteiger partial charge on any atom is -0.440 e. The lowest BCUT2D eigenvalue weighted by Crippen LogP contribution is -1.99. The first-order valence-electron chi connectivity index (χ1n) is 4.54. The van der Waals surface area contributed by atoms with Crippen LogP contribution in [0.2, 0.25) is 0 Å². The summed E-state index contributed by atoms with van der Waals surface area (Å²) < 4.78 is 5.57. The molecule has 0 unspecified atom stereocenters. The summed E-state index contributed by atoms with van der Waals surface area (Å²) in [6.07, 6.45) is 0. The van der Waals surface area contributed by atoms with Crippen LogP contribution in [0.5, 0.6) is 0 Å². The highest BCUT2D eigenvalue weighted by atomic mass is 16.3. The molecule has 3 heteroatoms. The van der Waals surface area contributed by atoms with Crippen LogP contribution in [0.1, 0.15) is 25.7 Å². The van der Waals surface area contributed by atoms with E-state index in [9.17, 15) is 0 Å². The molecule has 0 saturated carbocycles. The number of oxazole rings is 1. The normalized spacial score (nSPS) is 11.3. The summed E-state index contributed by atoms with van der Waals surface area (Å²) in [5.41, 5.74) is 3.06. The summed E-state index contributed by atoms with van der Waals surface area (Å²) in [5, 5.41) is 0. The molecular formula is C10H12BNO. The van der Waals surface area contributed by atoms with Crippen molar-refractivity contribution in [2.75, 3.05) is 0 Å². The van der Waals surface area contributed by atoms with E-state index in [1.807, 2.05) is 18.2 Å². The van der Waals surface area contributed by atoms with Gasteiger partial charge in [0.1, 0.15) is 13.4 Å². The first kappa shape index (κ1) is 8.36. The van der Waals surface area contributed by atoms with E-state index in [-0.39, 0.29) is 0 Å². The van der Waals surface area contributed by atoms with E-state index in [1.165, 1.54) is 5.46 Å². The second-order valence-electron chi connectivity index (χ2n) is 3.68. The molecule has 0 saturated heterocycles. The van der Waals surface area contributed by atoms with Gasteiger partial charge in [-0.25, -0.2) is 4.98 Å². The molecule has 13 heavy (non-hydrogen) atoms. The maximum atomic E-state index is 5.57. The van der Waals surface area contributed by atoms with E-state index in [0.29, 0.717) is 5.92 Å². The van der Waals surface area contributed by atoms with Gasteiger partial charge in [-0.05, 0) is 12.1 Å². The van der Waals surface area contributed by atoms with Gasteiger partial charge in [0.2, 0.25) is 0 Å². The number of fused-ring (bicyclic) bond motifs is 1. The Kier molecular flexibility index (Phi) is 1.87. The van der Waals surface area contributed by atoms with Crippen LogP contribution in [-0.4, -0.2) is 12.8 Å². The maximum Gasteiger partial charge on any atom is 0.198 e. The van der Waals surface area contributed by atoms with Crippen LogP contribution >= 0.6 is 0 Å². The average molecular weight is 173 g/mol. The Morgan fingerprint density at radius 1 is 1.38 bits per heavy atom. The predicted molar refractivity (Wildman–Crippen MR) is 56.3 cm³/mol. The molecule has 0 fully saturated rings. The number of hydrogen-bond donors (Lipinski definition) is 0. The van der Waals surface area contributed by atoms with Gasteiger partial charge in [0.05, 0.1) is 0 Å². The topological polar surface area (TPSA) is 26.0 Å². The summed E-state index contributed by atoms with van der Waals surface area (Å²) in [6, 6.07) is 6.06. The average Bonchev–Trinajstić information content (AvgIpc) is 2.46. The third-order valence-electron chi connectivity index (χ3n) is 2.05. The Bertz CT molecular complexity index is 433. The van der Waals surface area contributed by atoms with Gasteiger partial charge in [0.15, 0.2) is 11.5 Å². The highest BCUT2D eigenvalue weighted by Crippen LogP contribution is 2.19. The fourth-order valence-electron chi connectivity index (χ4n) is 1.30. The molecule has 0 N–H and O–H groups in total. The number of aromatic nitrogens is 1. The lowest BCUT2D eigenvalue weighted by atomic mass is 9.96. The fourth-order valence-corrected chi connectivity index (χ4v) is 1.30. The molecule has 2 aromatic rings. The summed E-state index contributed by atoms with van der Waals surface area (Å²) in [4.78, 5) is 4.41. The molecule has 0 aliphatic heterocycles. The zero-order chi connectivity index (χ0) is 9.42. The van der Waals surface area contributed by atoms with Crippen LogP contribution in [0.4, 0.5) is 0 Å². The molecule has 0 amide bonds. The van der Waals surface area contributed by atoms with Crippen LogP contribution in [0.15, 0.2) is 22.6 Å². The van der Waals surface area contributed by atoms with Gasteiger partial charge in [0, 0.05) is 5.92 Å². The molecule has 66 valence electrons. The van der Waals surface area contributed by atoms with Crippen LogP contribution in [-0.2, 0) is 0 Å². The Morgan fingerprint density at radius 3 is 2.85 bits per heavy atom. The standard InChI is InChI=1S/C10H12BNO/c1-6(2)10-12-8-5-7(11)3-4-9(8)13-10/h3-6H,11H2,1-2H3. The van der Waals surface area contributed by atoms with E-state index >= 15 is 0 Å². The van der Waals surface area contributed by atoms with Gasteiger partial charge >= 0.3 is 0 Å². The van der Waals surface area contributed by atoms with Gasteiger partial charge in [0.25, 0.3) is 0 Å². The van der Waals surface area contributed by atoms with E-state index in [1.54, 1.807) is 0 Å². The van der Waals surface area contributed by atoms with Crippen molar-refractivity contribution in [3.8, 4) is 0 Å². The van der Waals surface area contributed by atoms with Gasteiger partial charge in [-0.3, -0.25) is 0 Å². The summed E-state index contributed by atoms with van der Waals surface area (Å²) in [6.45, 7) is 4.16. The minimum atomic E-state index is 0.354. The summed E-state index contributed by atoms with van der Waals surface area (Å²) in [7, 11) is 2.06. The van der Waals surface area contributed by atoms with E-state index in [4.69, 9.17) is 4.42 Å². The van der Waals surface area contributed by atoms with Crippen molar-refractivity contribution in [2.24, 2.45) is 0 Å². The molecular weight excluding hydrogens is 161 g/mol. The monoisotopic (exact) mass is 173 g/mol.